The summed E-state index contributed by atoms with van der Waals surface area (Å²) in [5, 5.41) is 4.90. The van der Waals surface area contributed by atoms with Gasteiger partial charge >= 0.3 is 5.97 Å². The smallest absolute Gasteiger partial charge is 0.316 e. The lowest BCUT2D eigenvalue weighted by Gasteiger charge is -2.41. The molecular weight excluding hydrogens is 476 g/mol. The van der Waals surface area contributed by atoms with Gasteiger partial charge in [-0.25, -0.2) is 0 Å². The minimum absolute atomic E-state index is 0.0137. The van der Waals surface area contributed by atoms with Gasteiger partial charge in [-0.2, -0.15) is 0 Å². The molecule has 3 rings (SSSR count). The van der Waals surface area contributed by atoms with E-state index in [4.69, 9.17) is 9.47 Å². The van der Waals surface area contributed by atoms with E-state index in [1.807, 2.05) is 53.8 Å². The van der Waals surface area contributed by atoms with Gasteiger partial charge in [0.2, 0.25) is 0 Å². The molecule has 6 nitrogen and oxygen atoms in total. The maximum absolute atomic E-state index is 13.7. The van der Waals surface area contributed by atoms with E-state index in [9.17, 15) is 9.59 Å². The molecule has 1 fully saturated rings. The number of unbranched alkanes of at least 4 members (excludes halogenated alkanes) is 1. The van der Waals surface area contributed by atoms with Gasteiger partial charge in [0.15, 0.2) is 6.54 Å². The molecule has 3 unspecified atom stereocenters. The standard InChI is InChI=1S/C32H44N2O4/c1-4-6-19-32(18-5-2,26-13-9-7-10-14-26)31(36)38-29-23-25(3)28(29)17-20-33-24-30(35)34-21-22-37-27-15-11-8-12-16-27/h7-16,28-29,33H,3-6,17-24H2,1-2H3,(H,34,35)/p+1. The Morgan fingerprint density at radius 3 is 2.39 bits per heavy atom. The Morgan fingerprint density at radius 1 is 1.03 bits per heavy atom. The van der Waals surface area contributed by atoms with Gasteiger partial charge in [-0.05, 0) is 30.5 Å². The van der Waals surface area contributed by atoms with Crippen molar-refractivity contribution in [2.45, 2.75) is 70.3 Å². The maximum atomic E-state index is 13.7. The molecule has 0 aromatic heterocycles. The molecule has 1 aliphatic rings. The van der Waals surface area contributed by atoms with Crippen molar-refractivity contribution >= 4 is 11.9 Å². The second-order valence-corrected chi connectivity index (χ2v) is 10.3. The third-order valence-corrected chi connectivity index (χ3v) is 7.49. The molecule has 1 saturated carbocycles. The molecule has 0 bridgehead atoms. The first-order valence-corrected chi connectivity index (χ1v) is 14.2. The Morgan fingerprint density at radius 2 is 1.74 bits per heavy atom. The Hall–Kier alpha value is -3.12. The van der Waals surface area contributed by atoms with Gasteiger partial charge in [0, 0.05) is 18.8 Å². The average Bonchev–Trinajstić information content (AvgIpc) is 2.94. The molecule has 206 valence electrons. The van der Waals surface area contributed by atoms with E-state index >= 15 is 0 Å². The second kappa shape index (κ2) is 15.3. The Labute approximate surface area is 228 Å². The summed E-state index contributed by atoms with van der Waals surface area (Å²) in [5.74, 6) is 0.840. The van der Waals surface area contributed by atoms with Gasteiger partial charge in [0.1, 0.15) is 18.5 Å². The molecule has 6 heteroatoms. The first-order valence-electron chi connectivity index (χ1n) is 14.2. The zero-order valence-electron chi connectivity index (χ0n) is 23.1. The van der Waals surface area contributed by atoms with Crippen LogP contribution in [0.3, 0.4) is 0 Å². The monoisotopic (exact) mass is 521 g/mol. The minimum atomic E-state index is -0.595. The number of ether oxygens (including phenoxy) is 2. The van der Waals surface area contributed by atoms with Crippen LogP contribution in [-0.4, -0.2) is 44.2 Å². The molecular formula is C32H45N2O4+. The fourth-order valence-electron chi connectivity index (χ4n) is 5.30. The SMILES string of the molecule is C=C1CC(OC(=O)C(CCC)(CCCC)c2ccccc2)C1CC[NH2+]CC(=O)NCCOc1ccccc1. The van der Waals surface area contributed by atoms with Crippen LogP contribution in [0.4, 0.5) is 0 Å². The molecule has 0 heterocycles. The van der Waals surface area contributed by atoms with Gasteiger partial charge in [-0.1, -0.05) is 93.8 Å². The van der Waals surface area contributed by atoms with Crippen LogP contribution in [0.15, 0.2) is 72.8 Å². The second-order valence-electron chi connectivity index (χ2n) is 10.3. The highest BCUT2D eigenvalue weighted by atomic mass is 16.5. The number of hydrogen-bond acceptors (Lipinski definition) is 4. The van der Waals surface area contributed by atoms with Gasteiger partial charge in [0.05, 0.1) is 18.5 Å². The molecule has 1 aliphatic carbocycles. The van der Waals surface area contributed by atoms with Crippen molar-refractivity contribution in [1.29, 1.82) is 0 Å². The van der Waals surface area contributed by atoms with Crippen LogP contribution < -0.4 is 15.4 Å². The number of esters is 1. The summed E-state index contributed by atoms with van der Waals surface area (Å²) >= 11 is 0. The number of nitrogens with one attached hydrogen (secondary N) is 1. The quantitative estimate of drug-likeness (QED) is 0.182. The van der Waals surface area contributed by atoms with Crippen molar-refractivity contribution in [2.75, 3.05) is 26.2 Å². The van der Waals surface area contributed by atoms with Crippen molar-refractivity contribution in [3.8, 4) is 5.75 Å². The van der Waals surface area contributed by atoms with E-state index in [2.05, 4.69) is 37.9 Å². The van der Waals surface area contributed by atoms with Gasteiger partial charge in [0.25, 0.3) is 5.91 Å². The largest absolute Gasteiger partial charge is 0.492 e. The predicted molar refractivity (Wildman–Crippen MR) is 151 cm³/mol. The first-order chi connectivity index (χ1) is 18.5. The third kappa shape index (κ3) is 8.19. The molecule has 0 spiro atoms. The van der Waals surface area contributed by atoms with E-state index in [1.165, 1.54) is 0 Å². The topological polar surface area (TPSA) is 81.2 Å². The zero-order valence-corrected chi connectivity index (χ0v) is 23.1. The first kappa shape index (κ1) is 29.4. The molecule has 0 aliphatic heterocycles. The Kier molecular flexibility index (Phi) is 11.9. The number of quaternary nitrogens is 1. The molecule has 2 aromatic rings. The van der Waals surface area contributed by atoms with E-state index in [1.54, 1.807) is 0 Å². The fourth-order valence-corrected chi connectivity index (χ4v) is 5.30. The number of benzene rings is 2. The Bertz CT molecular complexity index is 1010. The van der Waals surface area contributed by atoms with Crippen LogP contribution in [0, 0.1) is 5.92 Å². The van der Waals surface area contributed by atoms with Crippen molar-refractivity contribution in [3.05, 3.63) is 78.4 Å². The van der Waals surface area contributed by atoms with Crippen LogP contribution in [0.25, 0.3) is 0 Å². The summed E-state index contributed by atoms with van der Waals surface area (Å²) in [7, 11) is 0. The number of para-hydroxylation sites is 1. The van der Waals surface area contributed by atoms with E-state index in [0.717, 1.165) is 68.4 Å². The summed E-state index contributed by atoms with van der Waals surface area (Å²) in [6.45, 7) is 10.5. The number of rotatable bonds is 17. The maximum Gasteiger partial charge on any atom is 0.316 e. The lowest BCUT2D eigenvalue weighted by atomic mass is 9.72. The van der Waals surface area contributed by atoms with Gasteiger partial charge in [-0.15, -0.1) is 0 Å². The average molecular weight is 522 g/mol. The predicted octanol–water partition coefficient (Wildman–Crippen LogP) is 4.55. The van der Waals surface area contributed by atoms with Crippen LogP contribution >= 0.6 is 0 Å². The number of carbonyl (C=O) groups is 2. The highest BCUT2D eigenvalue weighted by Gasteiger charge is 2.45. The minimum Gasteiger partial charge on any atom is -0.492 e. The molecule has 3 atom stereocenters. The van der Waals surface area contributed by atoms with Crippen molar-refractivity contribution < 1.29 is 24.4 Å². The normalized spacial score (nSPS) is 18.2. The summed E-state index contributed by atoms with van der Waals surface area (Å²) in [6, 6.07) is 19.7. The summed E-state index contributed by atoms with van der Waals surface area (Å²) in [5.41, 5.74) is 1.60. The van der Waals surface area contributed by atoms with Crippen LogP contribution in [0.2, 0.25) is 0 Å². The summed E-state index contributed by atoms with van der Waals surface area (Å²) < 4.78 is 11.8. The number of carbonyl (C=O) groups excluding carboxylic acids is 2. The molecule has 1 amide bonds. The van der Waals surface area contributed by atoms with E-state index in [-0.39, 0.29) is 23.9 Å². The van der Waals surface area contributed by atoms with Crippen molar-refractivity contribution in [1.82, 2.24) is 5.32 Å². The lowest BCUT2D eigenvalue weighted by Crippen LogP contribution is -2.87. The Balaban J connectivity index is 1.44. The summed E-state index contributed by atoms with van der Waals surface area (Å²) in [4.78, 5) is 25.9. The number of amides is 1. The van der Waals surface area contributed by atoms with Crippen LogP contribution in [-0.2, 0) is 19.7 Å². The highest BCUT2D eigenvalue weighted by Crippen LogP contribution is 2.41. The highest BCUT2D eigenvalue weighted by molar-refractivity contribution is 5.83. The van der Waals surface area contributed by atoms with Gasteiger partial charge < -0.3 is 20.1 Å². The van der Waals surface area contributed by atoms with Crippen LogP contribution in [0.5, 0.6) is 5.75 Å². The van der Waals surface area contributed by atoms with E-state index < -0.39 is 5.41 Å². The van der Waals surface area contributed by atoms with Crippen molar-refractivity contribution in [3.63, 3.8) is 0 Å². The molecule has 2 aromatic carbocycles. The fraction of sp³-hybridized carbons (Fsp3) is 0.500. The molecule has 38 heavy (non-hydrogen) atoms. The summed E-state index contributed by atoms with van der Waals surface area (Å²) in [6.07, 6.45) is 5.97. The van der Waals surface area contributed by atoms with Crippen LogP contribution in [0.1, 0.15) is 64.4 Å². The molecule has 0 radical (unpaired) electrons. The van der Waals surface area contributed by atoms with E-state index in [0.29, 0.717) is 19.7 Å². The zero-order chi connectivity index (χ0) is 27.2. The third-order valence-electron chi connectivity index (χ3n) is 7.49. The molecule has 3 N–H and O–H groups in total. The number of hydrogen-bond donors (Lipinski definition) is 2. The lowest BCUT2D eigenvalue weighted by molar-refractivity contribution is -0.645. The van der Waals surface area contributed by atoms with Gasteiger partial charge in [-0.3, -0.25) is 9.59 Å². The number of nitrogens with two attached hydrogens (primary N) is 1. The van der Waals surface area contributed by atoms with Crippen molar-refractivity contribution in [2.24, 2.45) is 5.92 Å². The molecule has 0 saturated heterocycles.